The van der Waals surface area contributed by atoms with Gasteiger partial charge in [0.1, 0.15) is 0 Å². The van der Waals surface area contributed by atoms with E-state index in [9.17, 15) is 0 Å². The van der Waals surface area contributed by atoms with Crippen molar-refractivity contribution < 1.29 is 0 Å². The third kappa shape index (κ3) is 2.38. The standard InChI is InChI=1S/C17H22N2/c1-12-9-10-14(11-12)17(19-18)16-8-4-6-13-5-2-3-7-15(13)16/h2-8,12,14,17,19H,9-11,18H2,1H3. The van der Waals surface area contributed by atoms with Gasteiger partial charge in [0.15, 0.2) is 0 Å². The SMILES string of the molecule is CC1CCC(C(NN)c2cccc3ccccc23)C1. The Morgan fingerprint density at radius 3 is 2.63 bits per heavy atom. The lowest BCUT2D eigenvalue weighted by molar-refractivity contribution is 0.366. The van der Waals surface area contributed by atoms with Gasteiger partial charge in [-0.05, 0) is 41.0 Å². The first-order valence-electron chi connectivity index (χ1n) is 7.23. The molecule has 19 heavy (non-hydrogen) atoms. The Balaban J connectivity index is 2.01. The zero-order chi connectivity index (χ0) is 13.2. The molecule has 1 fully saturated rings. The molecule has 3 atom stereocenters. The third-order valence-electron chi connectivity index (χ3n) is 4.54. The van der Waals surface area contributed by atoms with Crippen molar-refractivity contribution in [2.24, 2.45) is 17.7 Å². The van der Waals surface area contributed by atoms with E-state index in [2.05, 4.69) is 54.8 Å². The summed E-state index contributed by atoms with van der Waals surface area (Å²) in [5, 5.41) is 2.62. The molecule has 3 N–H and O–H groups in total. The number of hydrogen-bond donors (Lipinski definition) is 2. The van der Waals surface area contributed by atoms with Crippen LogP contribution in [0.5, 0.6) is 0 Å². The van der Waals surface area contributed by atoms with Crippen LogP contribution in [0.15, 0.2) is 42.5 Å². The lowest BCUT2D eigenvalue weighted by Gasteiger charge is -2.24. The fourth-order valence-corrected chi connectivity index (χ4v) is 3.56. The number of hydrazine groups is 1. The Kier molecular flexibility index (Phi) is 3.54. The van der Waals surface area contributed by atoms with E-state index in [0.717, 1.165) is 5.92 Å². The maximum Gasteiger partial charge on any atom is 0.0494 e. The minimum atomic E-state index is 0.274. The fraction of sp³-hybridized carbons (Fsp3) is 0.412. The van der Waals surface area contributed by atoms with Gasteiger partial charge in [0.05, 0.1) is 0 Å². The predicted molar refractivity (Wildman–Crippen MR) is 80.5 cm³/mol. The number of nitrogens with two attached hydrogens (primary N) is 1. The molecule has 2 aromatic rings. The molecule has 0 aromatic heterocycles. The summed E-state index contributed by atoms with van der Waals surface area (Å²) in [7, 11) is 0. The smallest absolute Gasteiger partial charge is 0.0494 e. The summed E-state index contributed by atoms with van der Waals surface area (Å²) >= 11 is 0. The molecule has 0 spiro atoms. The van der Waals surface area contributed by atoms with Gasteiger partial charge in [-0.2, -0.15) is 0 Å². The van der Waals surface area contributed by atoms with Crippen molar-refractivity contribution in [2.75, 3.05) is 0 Å². The van der Waals surface area contributed by atoms with Gasteiger partial charge in [-0.25, -0.2) is 0 Å². The van der Waals surface area contributed by atoms with Crippen LogP contribution < -0.4 is 11.3 Å². The molecule has 1 aliphatic carbocycles. The van der Waals surface area contributed by atoms with Gasteiger partial charge >= 0.3 is 0 Å². The molecule has 2 heteroatoms. The molecule has 2 aromatic carbocycles. The van der Waals surface area contributed by atoms with Gasteiger partial charge in [-0.15, -0.1) is 0 Å². The number of rotatable bonds is 3. The number of fused-ring (bicyclic) bond motifs is 1. The molecule has 2 nitrogen and oxygen atoms in total. The average Bonchev–Trinajstić information content (AvgIpc) is 2.86. The van der Waals surface area contributed by atoms with Crippen molar-refractivity contribution in [3.8, 4) is 0 Å². The second-order valence-corrected chi connectivity index (χ2v) is 5.89. The summed E-state index contributed by atoms with van der Waals surface area (Å²) in [5.41, 5.74) is 4.42. The van der Waals surface area contributed by atoms with Crippen molar-refractivity contribution >= 4 is 10.8 Å². The monoisotopic (exact) mass is 254 g/mol. The predicted octanol–water partition coefficient (Wildman–Crippen LogP) is 3.78. The summed E-state index contributed by atoms with van der Waals surface area (Å²) < 4.78 is 0. The molecule has 3 unspecified atom stereocenters. The number of hydrogen-bond acceptors (Lipinski definition) is 2. The second kappa shape index (κ2) is 5.32. The highest BCUT2D eigenvalue weighted by Crippen LogP contribution is 2.40. The molecule has 0 aliphatic heterocycles. The first-order chi connectivity index (χ1) is 9.29. The summed E-state index contributed by atoms with van der Waals surface area (Å²) in [6.07, 6.45) is 3.88. The van der Waals surface area contributed by atoms with Crippen LogP contribution in [-0.4, -0.2) is 0 Å². The molecule has 3 rings (SSSR count). The zero-order valence-electron chi connectivity index (χ0n) is 11.5. The Bertz CT molecular complexity index is 559. The van der Waals surface area contributed by atoms with Crippen LogP contribution in [0.3, 0.4) is 0 Å². The van der Waals surface area contributed by atoms with E-state index in [-0.39, 0.29) is 6.04 Å². The van der Waals surface area contributed by atoms with Crippen LogP contribution in [0.2, 0.25) is 0 Å². The lowest BCUT2D eigenvalue weighted by atomic mass is 9.88. The van der Waals surface area contributed by atoms with Gasteiger partial charge in [0.25, 0.3) is 0 Å². The normalized spacial score (nSPS) is 24.7. The highest BCUT2D eigenvalue weighted by Gasteiger charge is 2.29. The Hall–Kier alpha value is -1.38. The van der Waals surface area contributed by atoms with Crippen LogP contribution in [0.25, 0.3) is 10.8 Å². The summed E-state index contributed by atoms with van der Waals surface area (Å²) in [6, 6.07) is 15.4. The Morgan fingerprint density at radius 2 is 1.89 bits per heavy atom. The van der Waals surface area contributed by atoms with Crippen LogP contribution >= 0.6 is 0 Å². The molecule has 0 bridgehead atoms. The van der Waals surface area contributed by atoms with Gasteiger partial charge in [-0.3, -0.25) is 11.3 Å². The van der Waals surface area contributed by atoms with E-state index in [4.69, 9.17) is 5.84 Å². The summed E-state index contributed by atoms with van der Waals surface area (Å²) in [5.74, 6) is 7.36. The Morgan fingerprint density at radius 1 is 1.11 bits per heavy atom. The van der Waals surface area contributed by atoms with E-state index >= 15 is 0 Å². The van der Waals surface area contributed by atoms with Gasteiger partial charge < -0.3 is 0 Å². The van der Waals surface area contributed by atoms with E-state index < -0.39 is 0 Å². The van der Waals surface area contributed by atoms with Gasteiger partial charge in [0.2, 0.25) is 0 Å². The zero-order valence-corrected chi connectivity index (χ0v) is 11.5. The first kappa shape index (κ1) is 12.6. The molecular weight excluding hydrogens is 232 g/mol. The molecule has 1 saturated carbocycles. The fourth-order valence-electron chi connectivity index (χ4n) is 3.56. The molecule has 0 amide bonds. The molecule has 1 aliphatic rings. The molecule has 0 heterocycles. The van der Waals surface area contributed by atoms with E-state index in [1.165, 1.54) is 35.6 Å². The maximum atomic E-state index is 5.87. The van der Waals surface area contributed by atoms with Crippen molar-refractivity contribution in [3.63, 3.8) is 0 Å². The summed E-state index contributed by atoms with van der Waals surface area (Å²) in [4.78, 5) is 0. The van der Waals surface area contributed by atoms with Crippen LogP contribution in [0.1, 0.15) is 37.8 Å². The quantitative estimate of drug-likeness (QED) is 0.646. The third-order valence-corrected chi connectivity index (χ3v) is 4.54. The van der Waals surface area contributed by atoms with Crippen molar-refractivity contribution in [2.45, 2.75) is 32.2 Å². The van der Waals surface area contributed by atoms with E-state index in [1.807, 2.05) is 0 Å². The molecule has 100 valence electrons. The number of nitrogens with one attached hydrogen (secondary N) is 1. The average molecular weight is 254 g/mol. The van der Waals surface area contributed by atoms with Crippen molar-refractivity contribution in [1.82, 2.24) is 5.43 Å². The van der Waals surface area contributed by atoms with Crippen LogP contribution in [-0.2, 0) is 0 Å². The van der Waals surface area contributed by atoms with E-state index in [0.29, 0.717) is 5.92 Å². The van der Waals surface area contributed by atoms with E-state index in [1.54, 1.807) is 0 Å². The summed E-state index contributed by atoms with van der Waals surface area (Å²) in [6.45, 7) is 2.34. The number of benzene rings is 2. The van der Waals surface area contributed by atoms with Gasteiger partial charge in [-0.1, -0.05) is 55.8 Å². The van der Waals surface area contributed by atoms with Crippen LogP contribution in [0, 0.1) is 11.8 Å². The Labute approximate surface area is 115 Å². The second-order valence-electron chi connectivity index (χ2n) is 5.89. The maximum absolute atomic E-state index is 5.87. The van der Waals surface area contributed by atoms with Crippen molar-refractivity contribution in [1.29, 1.82) is 0 Å². The van der Waals surface area contributed by atoms with Crippen LogP contribution in [0.4, 0.5) is 0 Å². The molecular formula is C17H22N2. The first-order valence-corrected chi connectivity index (χ1v) is 7.23. The topological polar surface area (TPSA) is 38.0 Å². The minimum Gasteiger partial charge on any atom is -0.271 e. The lowest BCUT2D eigenvalue weighted by Crippen LogP contribution is -2.33. The molecule has 0 saturated heterocycles. The van der Waals surface area contributed by atoms with Crippen molar-refractivity contribution in [3.05, 3.63) is 48.0 Å². The van der Waals surface area contributed by atoms with Gasteiger partial charge in [0, 0.05) is 6.04 Å². The minimum absolute atomic E-state index is 0.274. The highest BCUT2D eigenvalue weighted by molar-refractivity contribution is 5.86. The highest BCUT2D eigenvalue weighted by atomic mass is 15.2. The molecule has 0 radical (unpaired) electrons. The largest absolute Gasteiger partial charge is 0.271 e.